The van der Waals surface area contributed by atoms with Crippen LogP contribution in [0, 0.1) is 0 Å². The van der Waals surface area contributed by atoms with Gasteiger partial charge in [0, 0.05) is 6.42 Å². The first kappa shape index (κ1) is 32.7. The Labute approximate surface area is 181 Å². The third kappa shape index (κ3) is 5.11. The fourth-order valence-corrected chi connectivity index (χ4v) is 2.59. The summed E-state index contributed by atoms with van der Waals surface area (Å²) in [6.07, 6.45) is -10.4. The van der Waals surface area contributed by atoms with Gasteiger partial charge >= 0.3 is 54.2 Å². The summed E-state index contributed by atoms with van der Waals surface area (Å²) in [5, 5.41) is 0. The normalized spacial score (nSPS) is 15.4. The van der Waals surface area contributed by atoms with Gasteiger partial charge < -0.3 is 4.89 Å². The molecule has 0 aromatic rings. The molecule has 0 N–H and O–H groups in total. The van der Waals surface area contributed by atoms with E-state index in [1.165, 1.54) is 0 Å². The van der Waals surface area contributed by atoms with Crippen molar-refractivity contribution in [1.82, 2.24) is 0 Å². The van der Waals surface area contributed by atoms with E-state index in [1.807, 2.05) is 0 Å². The van der Waals surface area contributed by atoms with Crippen LogP contribution in [0.25, 0.3) is 0 Å². The maximum absolute atomic E-state index is 13.5. The maximum atomic E-state index is 13.5. The van der Waals surface area contributed by atoms with Crippen LogP contribution in [0.4, 0.5) is 79.4 Å². The highest BCUT2D eigenvalue weighted by molar-refractivity contribution is 8.24. The van der Waals surface area contributed by atoms with Crippen LogP contribution in [-0.2, 0) is 9.78 Å². The van der Waals surface area contributed by atoms with E-state index in [2.05, 4.69) is 9.78 Å². The SMILES string of the molecule is COOC(=O)BSCCC(F)(F)C(F)(F)C(F)(F)C(F)(F)C(F)(F)C(F)(F)C(F)(F)C(F)(F)F. The average molecular weight is 566 g/mol. The Balaban J connectivity index is 6.13. The molecule has 0 aromatic carbocycles. The third-order valence-electron chi connectivity index (χ3n) is 3.74. The van der Waals surface area contributed by atoms with Gasteiger partial charge in [-0.3, -0.25) is 4.79 Å². The van der Waals surface area contributed by atoms with Crippen molar-refractivity contribution in [3.8, 4) is 0 Å². The summed E-state index contributed by atoms with van der Waals surface area (Å²) < 4.78 is 222. The monoisotopic (exact) mass is 566 g/mol. The molecule has 0 aromatic heterocycles. The second-order valence-corrected chi connectivity index (χ2v) is 7.18. The lowest BCUT2D eigenvalue weighted by atomic mass is 9.88. The average Bonchev–Trinajstić information content (AvgIpc) is 2.63. The molecule has 0 saturated heterocycles. The van der Waals surface area contributed by atoms with Gasteiger partial charge in [0.25, 0.3) is 5.87 Å². The first-order valence-corrected chi connectivity index (χ1v) is 8.89. The molecule has 0 aliphatic heterocycles. The Kier molecular flexibility index (Phi) is 9.22. The number of carbonyl (C=O) groups is 1. The van der Waals surface area contributed by atoms with Crippen molar-refractivity contribution in [3.05, 3.63) is 0 Å². The first-order chi connectivity index (χ1) is 14.7. The molecule has 202 valence electrons. The molecule has 0 rings (SSSR count). The number of carbonyl (C=O) groups excluding carboxylic acids is 1. The molecule has 0 fully saturated rings. The van der Waals surface area contributed by atoms with E-state index >= 15 is 0 Å². The van der Waals surface area contributed by atoms with Crippen LogP contribution < -0.4 is 0 Å². The molecular formula is C12H8BF17O3S. The van der Waals surface area contributed by atoms with Crippen molar-refractivity contribution >= 4 is 24.0 Å². The van der Waals surface area contributed by atoms with Gasteiger partial charge in [-0.15, -0.1) is 0 Å². The molecule has 0 radical (unpaired) electrons. The van der Waals surface area contributed by atoms with E-state index in [0.717, 1.165) is 7.11 Å². The van der Waals surface area contributed by atoms with Crippen LogP contribution in [0.1, 0.15) is 6.42 Å². The van der Waals surface area contributed by atoms with E-state index in [1.54, 1.807) is 0 Å². The van der Waals surface area contributed by atoms with Gasteiger partial charge in [-0.05, 0) is 5.75 Å². The summed E-state index contributed by atoms with van der Waals surface area (Å²) in [6, 6.07) is 0. The van der Waals surface area contributed by atoms with Crippen molar-refractivity contribution < 1.29 is 89.2 Å². The van der Waals surface area contributed by atoms with Crippen molar-refractivity contribution in [2.75, 3.05) is 12.9 Å². The lowest BCUT2D eigenvalue weighted by Crippen LogP contribution is -2.74. The highest BCUT2D eigenvalue weighted by atomic mass is 32.2. The summed E-state index contributed by atoms with van der Waals surface area (Å²) in [4.78, 5) is 18.3. The van der Waals surface area contributed by atoms with Gasteiger partial charge in [0.15, 0.2) is 0 Å². The molecule has 22 heteroatoms. The molecule has 0 unspecified atom stereocenters. The minimum absolute atomic E-state index is 0.114. The van der Waals surface area contributed by atoms with Crippen LogP contribution >= 0.6 is 11.6 Å². The minimum Gasteiger partial charge on any atom is -0.310 e. The minimum atomic E-state index is -8.65. The van der Waals surface area contributed by atoms with Crippen LogP contribution in [0.15, 0.2) is 0 Å². The molecule has 0 bridgehead atoms. The van der Waals surface area contributed by atoms with E-state index in [9.17, 15) is 79.4 Å². The molecule has 34 heavy (non-hydrogen) atoms. The van der Waals surface area contributed by atoms with Gasteiger partial charge in [0.1, 0.15) is 0 Å². The van der Waals surface area contributed by atoms with Crippen LogP contribution in [0.5, 0.6) is 0 Å². The van der Waals surface area contributed by atoms with E-state index in [4.69, 9.17) is 0 Å². The molecule has 0 saturated carbocycles. The van der Waals surface area contributed by atoms with Crippen LogP contribution in [-0.4, -0.2) is 72.9 Å². The van der Waals surface area contributed by atoms with Crippen molar-refractivity contribution in [2.45, 2.75) is 54.1 Å². The number of hydrogen-bond donors (Lipinski definition) is 0. The molecule has 0 amide bonds. The highest BCUT2D eigenvalue weighted by Crippen LogP contribution is 2.64. The third-order valence-corrected chi connectivity index (χ3v) is 4.68. The zero-order chi connectivity index (χ0) is 27.8. The van der Waals surface area contributed by atoms with Gasteiger partial charge in [0.2, 0.25) is 0 Å². The van der Waals surface area contributed by atoms with Crippen LogP contribution in [0.2, 0.25) is 0 Å². The second-order valence-electron chi connectivity index (χ2n) is 6.07. The predicted octanol–water partition coefficient (Wildman–Crippen LogP) is 6.17. The van der Waals surface area contributed by atoms with Crippen LogP contribution in [0.3, 0.4) is 0 Å². The van der Waals surface area contributed by atoms with Gasteiger partial charge in [0.05, 0.1) is 7.11 Å². The molecule has 3 nitrogen and oxygen atoms in total. The number of halogens is 17. The summed E-state index contributed by atoms with van der Waals surface area (Å²) in [5.74, 6) is -59.4. The van der Waals surface area contributed by atoms with Gasteiger partial charge in [-0.25, -0.2) is 0 Å². The Morgan fingerprint density at radius 1 is 0.647 bits per heavy atom. The van der Waals surface area contributed by atoms with Crippen molar-refractivity contribution in [3.63, 3.8) is 0 Å². The molecule has 0 aliphatic carbocycles. The summed E-state index contributed by atoms with van der Waals surface area (Å²) in [5.41, 5.74) is 0. The Morgan fingerprint density at radius 2 is 1.00 bits per heavy atom. The number of hydrogen-bond acceptors (Lipinski definition) is 4. The number of alkyl halides is 17. The standard InChI is InChI=1S/C12H8BF17O3S/c1-32-33-4(31)13-34-3-2-5(14,15)6(16,17)7(18,19)8(20,21)9(22,23)10(24,25)11(26,27)12(28,29)30/h13H,2-3H2,1H3. The Bertz CT molecular complexity index is 723. The molecule has 0 spiro atoms. The maximum Gasteiger partial charge on any atom is 0.460 e. The van der Waals surface area contributed by atoms with E-state index in [-0.39, 0.29) is 11.6 Å². The Morgan fingerprint density at radius 3 is 1.35 bits per heavy atom. The number of rotatable bonds is 12. The largest absolute Gasteiger partial charge is 0.460 e. The fraction of sp³-hybridized carbons (Fsp3) is 0.917. The summed E-state index contributed by atoms with van der Waals surface area (Å²) in [6.45, 7) is -1.00. The van der Waals surface area contributed by atoms with E-state index < -0.39 is 72.2 Å². The molecular weight excluding hydrogens is 558 g/mol. The zero-order valence-corrected chi connectivity index (χ0v) is 16.5. The van der Waals surface area contributed by atoms with E-state index in [0.29, 0.717) is 0 Å². The first-order valence-electron chi connectivity index (χ1n) is 7.73. The quantitative estimate of drug-likeness (QED) is 0.0932. The Hall–Kier alpha value is -1.35. The zero-order valence-electron chi connectivity index (χ0n) is 15.7. The lowest BCUT2D eigenvalue weighted by molar-refractivity contribution is -0.461. The molecule has 0 atom stereocenters. The van der Waals surface area contributed by atoms with Crippen molar-refractivity contribution in [2.24, 2.45) is 0 Å². The van der Waals surface area contributed by atoms with Gasteiger partial charge in [-0.1, -0.05) is 0 Å². The topological polar surface area (TPSA) is 35.5 Å². The molecule has 0 aliphatic rings. The van der Waals surface area contributed by atoms with Gasteiger partial charge in [-0.2, -0.15) is 91.1 Å². The smallest absolute Gasteiger partial charge is 0.310 e. The fourth-order valence-electron chi connectivity index (χ4n) is 1.83. The lowest BCUT2D eigenvalue weighted by Gasteiger charge is -2.42. The summed E-state index contributed by atoms with van der Waals surface area (Å²) in [7, 11) is 0.767. The summed E-state index contributed by atoms with van der Waals surface area (Å²) >= 11 is -0.114. The second kappa shape index (κ2) is 9.60. The molecule has 0 heterocycles. The van der Waals surface area contributed by atoms with Crippen molar-refractivity contribution in [1.29, 1.82) is 0 Å². The highest BCUT2D eigenvalue weighted by Gasteiger charge is 2.95. The predicted molar refractivity (Wildman–Crippen MR) is 78.4 cm³/mol.